The second kappa shape index (κ2) is 6.53. The fraction of sp³-hybridized carbons (Fsp3) is 0.316. The van der Waals surface area contributed by atoms with Crippen molar-refractivity contribution in [2.45, 2.75) is 25.3 Å². The molecule has 5 heteroatoms. The van der Waals surface area contributed by atoms with E-state index in [-0.39, 0.29) is 18.1 Å². The van der Waals surface area contributed by atoms with E-state index < -0.39 is 6.04 Å². The Morgan fingerprint density at radius 1 is 1.17 bits per heavy atom. The second-order valence-electron chi connectivity index (χ2n) is 6.58. The third-order valence-corrected chi connectivity index (χ3v) is 4.32. The molecule has 1 heterocycles. The highest BCUT2D eigenvalue weighted by molar-refractivity contribution is 5.81. The fourth-order valence-electron chi connectivity index (χ4n) is 2.80. The zero-order valence-electron chi connectivity index (χ0n) is 13.9. The topological polar surface area (TPSA) is 73.6 Å². The summed E-state index contributed by atoms with van der Waals surface area (Å²) in [6, 6.07) is 14.9. The van der Waals surface area contributed by atoms with E-state index in [0.717, 1.165) is 22.6 Å². The lowest BCUT2D eigenvalue weighted by Gasteiger charge is -2.28. The number of benzene rings is 2. The van der Waals surface area contributed by atoms with Gasteiger partial charge in [-0.2, -0.15) is 0 Å². The van der Waals surface area contributed by atoms with E-state index in [0.29, 0.717) is 6.54 Å². The van der Waals surface area contributed by atoms with Crippen molar-refractivity contribution in [3.05, 3.63) is 59.7 Å². The normalized spacial score (nSPS) is 14.4. The van der Waals surface area contributed by atoms with Crippen molar-refractivity contribution in [3.8, 4) is 11.5 Å². The van der Waals surface area contributed by atoms with Gasteiger partial charge in [0.05, 0.1) is 0 Å². The summed E-state index contributed by atoms with van der Waals surface area (Å²) in [6.07, 6.45) is 0. The van der Waals surface area contributed by atoms with Crippen molar-refractivity contribution < 1.29 is 14.3 Å². The van der Waals surface area contributed by atoms with E-state index in [1.165, 1.54) is 0 Å². The number of nitrogens with one attached hydrogen (secondary N) is 1. The molecule has 2 aromatic rings. The highest BCUT2D eigenvalue weighted by Gasteiger charge is 2.26. The molecule has 0 unspecified atom stereocenters. The Morgan fingerprint density at radius 3 is 2.58 bits per heavy atom. The molecule has 1 atom stereocenters. The van der Waals surface area contributed by atoms with Crippen molar-refractivity contribution >= 4 is 5.91 Å². The number of amides is 1. The molecule has 1 aliphatic rings. The zero-order chi connectivity index (χ0) is 17.2. The third kappa shape index (κ3) is 3.36. The van der Waals surface area contributed by atoms with E-state index in [9.17, 15) is 4.79 Å². The number of carbonyl (C=O) groups is 1. The molecule has 5 nitrogen and oxygen atoms in total. The van der Waals surface area contributed by atoms with Crippen LogP contribution in [0.15, 0.2) is 48.5 Å². The van der Waals surface area contributed by atoms with Gasteiger partial charge in [-0.3, -0.25) is 4.79 Å². The van der Waals surface area contributed by atoms with E-state index in [1.54, 1.807) is 0 Å². The first-order valence-corrected chi connectivity index (χ1v) is 7.95. The molecule has 0 spiro atoms. The van der Waals surface area contributed by atoms with E-state index >= 15 is 0 Å². The summed E-state index contributed by atoms with van der Waals surface area (Å²) in [5.74, 6) is 1.14. The van der Waals surface area contributed by atoms with Crippen LogP contribution in [0.25, 0.3) is 0 Å². The molecule has 0 aromatic heterocycles. The Hall–Kier alpha value is -2.53. The smallest absolute Gasteiger partial charge is 0.239 e. The molecule has 1 aliphatic heterocycles. The van der Waals surface area contributed by atoms with Crippen LogP contribution in [0.5, 0.6) is 11.5 Å². The SMILES string of the molecule is CC(C)(CN[C@H](C(N)=O)c1ccccc1)c1ccc2c(c1)OCO2. The average molecular weight is 326 g/mol. The molecule has 126 valence electrons. The number of nitrogens with two attached hydrogens (primary N) is 1. The molecule has 3 N–H and O–H groups in total. The van der Waals surface area contributed by atoms with Gasteiger partial charge in [0.1, 0.15) is 6.04 Å². The predicted octanol–water partition coefficient (Wildman–Crippen LogP) is 2.51. The molecule has 2 aromatic carbocycles. The minimum absolute atomic E-state index is 0.205. The summed E-state index contributed by atoms with van der Waals surface area (Å²) < 4.78 is 10.8. The summed E-state index contributed by atoms with van der Waals surface area (Å²) in [7, 11) is 0. The molecule has 0 saturated heterocycles. The van der Waals surface area contributed by atoms with E-state index in [1.807, 2.05) is 48.5 Å². The first-order chi connectivity index (χ1) is 11.5. The molecular formula is C19H22N2O3. The highest BCUT2D eigenvalue weighted by atomic mass is 16.7. The van der Waals surface area contributed by atoms with Crippen molar-refractivity contribution in [1.82, 2.24) is 5.32 Å². The summed E-state index contributed by atoms with van der Waals surface area (Å²) in [6.45, 7) is 5.07. The maximum absolute atomic E-state index is 11.8. The number of rotatable bonds is 6. The van der Waals surface area contributed by atoms with Crippen molar-refractivity contribution in [3.63, 3.8) is 0 Å². The minimum atomic E-state index is -0.514. The van der Waals surface area contributed by atoms with Gasteiger partial charge in [0.2, 0.25) is 12.7 Å². The Balaban J connectivity index is 1.75. The average Bonchev–Trinajstić information content (AvgIpc) is 3.03. The largest absolute Gasteiger partial charge is 0.454 e. The number of ether oxygens (including phenoxy) is 2. The molecule has 0 saturated carbocycles. The molecule has 0 aliphatic carbocycles. The number of fused-ring (bicyclic) bond motifs is 1. The molecule has 3 rings (SSSR count). The summed E-state index contributed by atoms with van der Waals surface area (Å²) in [4.78, 5) is 11.8. The van der Waals surface area contributed by atoms with E-state index in [4.69, 9.17) is 15.2 Å². The van der Waals surface area contributed by atoms with Gasteiger partial charge in [0, 0.05) is 12.0 Å². The quantitative estimate of drug-likeness (QED) is 0.855. The maximum atomic E-state index is 11.8. The van der Waals surface area contributed by atoms with Gasteiger partial charge in [0.25, 0.3) is 0 Å². The molecule has 0 bridgehead atoms. The van der Waals surface area contributed by atoms with Gasteiger partial charge in [-0.15, -0.1) is 0 Å². The van der Waals surface area contributed by atoms with Gasteiger partial charge < -0.3 is 20.5 Å². The monoisotopic (exact) mass is 326 g/mol. The number of carbonyl (C=O) groups excluding carboxylic acids is 1. The standard InChI is InChI=1S/C19H22N2O3/c1-19(2,14-8-9-15-16(10-14)24-12-23-15)11-21-17(18(20)22)13-6-4-3-5-7-13/h3-10,17,21H,11-12H2,1-2H3,(H2,20,22)/t17-/m0/s1. The Kier molecular flexibility index (Phi) is 4.44. The van der Waals surface area contributed by atoms with Crippen molar-refractivity contribution in [1.29, 1.82) is 0 Å². The van der Waals surface area contributed by atoms with Crippen molar-refractivity contribution in [2.24, 2.45) is 5.73 Å². The van der Waals surface area contributed by atoms with Crippen LogP contribution in [-0.2, 0) is 10.2 Å². The van der Waals surface area contributed by atoms with Gasteiger partial charge in [-0.05, 0) is 23.3 Å². The van der Waals surface area contributed by atoms with Crippen LogP contribution in [0.3, 0.4) is 0 Å². The van der Waals surface area contributed by atoms with Crippen LogP contribution in [0.2, 0.25) is 0 Å². The van der Waals surface area contributed by atoms with Crippen LogP contribution in [0.4, 0.5) is 0 Å². The highest BCUT2D eigenvalue weighted by Crippen LogP contribution is 2.36. The lowest BCUT2D eigenvalue weighted by atomic mass is 9.84. The van der Waals surface area contributed by atoms with Crippen LogP contribution < -0.4 is 20.5 Å². The van der Waals surface area contributed by atoms with Gasteiger partial charge in [0.15, 0.2) is 11.5 Å². The first kappa shape index (κ1) is 16.3. The van der Waals surface area contributed by atoms with Crippen LogP contribution in [0, 0.1) is 0 Å². The van der Waals surface area contributed by atoms with Crippen LogP contribution in [-0.4, -0.2) is 19.2 Å². The molecule has 0 fully saturated rings. The number of hydrogen-bond donors (Lipinski definition) is 2. The van der Waals surface area contributed by atoms with Crippen LogP contribution >= 0.6 is 0 Å². The Morgan fingerprint density at radius 2 is 1.88 bits per heavy atom. The first-order valence-electron chi connectivity index (χ1n) is 7.95. The summed E-state index contributed by atoms with van der Waals surface area (Å²) in [5.41, 5.74) is 7.34. The summed E-state index contributed by atoms with van der Waals surface area (Å²) >= 11 is 0. The number of primary amides is 1. The van der Waals surface area contributed by atoms with Crippen molar-refractivity contribution in [2.75, 3.05) is 13.3 Å². The second-order valence-corrected chi connectivity index (χ2v) is 6.58. The van der Waals surface area contributed by atoms with E-state index in [2.05, 4.69) is 19.2 Å². The lowest BCUT2D eigenvalue weighted by molar-refractivity contribution is -0.120. The molecule has 0 radical (unpaired) electrons. The Labute approximate surface area is 141 Å². The van der Waals surface area contributed by atoms with Crippen LogP contribution in [0.1, 0.15) is 31.0 Å². The fourth-order valence-corrected chi connectivity index (χ4v) is 2.80. The predicted molar refractivity (Wildman–Crippen MR) is 92.0 cm³/mol. The molecule has 24 heavy (non-hydrogen) atoms. The molecule has 1 amide bonds. The van der Waals surface area contributed by atoms with Gasteiger partial charge >= 0.3 is 0 Å². The Bertz CT molecular complexity index is 729. The minimum Gasteiger partial charge on any atom is -0.454 e. The summed E-state index contributed by atoms with van der Waals surface area (Å²) in [5, 5.41) is 3.30. The van der Waals surface area contributed by atoms with Gasteiger partial charge in [-0.25, -0.2) is 0 Å². The molecular weight excluding hydrogens is 304 g/mol. The lowest BCUT2D eigenvalue weighted by Crippen LogP contribution is -2.40. The maximum Gasteiger partial charge on any atom is 0.239 e. The zero-order valence-corrected chi connectivity index (χ0v) is 13.9. The van der Waals surface area contributed by atoms with Gasteiger partial charge in [-0.1, -0.05) is 50.2 Å². The third-order valence-electron chi connectivity index (χ3n) is 4.32. The number of hydrogen-bond acceptors (Lipinski definition) is 4.